The molecule has 0 bridgehead atoms. The van der Waals surface area contributed by atoms with E-state index in [0.29, 0.717) is 22.3 Å². The van der Waals surface area contributed by atoms with Crippen molar-refractivity contribution < 1.29 is 22.4 Å². The third-order valence-electron chi connectivity index (χ3n) is 4.13. The highest BCUT2D eigenvalue weighted by atomic mass is 19.4. The van der Waals surface area contributed by atoms with Gasteiger partial charge in [-0.1, -0.05) is 13.8 Å². The van der Waals surface area contributed by atoms with Crippen molar-refractivity contribution in [2.75, 3.05) is 11.9 Å². The van der Waals surface area contributed by atoms with E-state index in [1.165, 1.54) is 18.5 Å². The zero-order chi connectivity index (χ0) is 21.2. The van der Waals surface area contributed by atoms with Gasteiger partial charge in [-0.3, -0.25) is 15.1 Å². The number of carbonyl (C=O) groups excluding carboxylic acids is 1. The number of aromatic nitrogens is 4. The van der Waals surface area contributed by atoms with Crippen LogP contribution in [0.4, 0.5) is 23.4 Å². The lowest BCUT2D eigenvalue weighted by Crippen LogP contribution is -2.47. The second-order valence-electron chi connectivity index (χ2n) is 6.75. The predicted molar refractivity (Wildman–Crippen MR) is 98.4 cm³/mol. The molecule has 154 valence electrons. The Labute approximate surface area is 163 Å². The first kappa shape index (κ1) is 20.6. The summed E-state index contributed by atoms with van der Waals surface area (Å²) in [4.78, 5) is 27.5. The van der Waals surface area contributed by atoms with Gasteiger partial charge in [0.15, 0.2) is 5.82 Å². The van der Waals surface area contributed by atoms with Gasteiger partial charge >= 0.3 is 6.18 Å². The molecule has 0 saturated heterocycles. The van der Waals surface area contributed by atoms with Gasteiger partial charge in [0, 0.05) is 17.1 Å². The zero-order valence-corrected chi connectivity index (χ0v) is 15.5. The highest BCUT2D eigenvalue weighted by Crippen LogP contribution is 2.27. The van der Waals surface area contributed by atoms with Crippen molar-refractivity contribution in [3.63, 3.8) is 0 Å². The Balaban J connectivity index is 1.81. The van der Waals surface area contributed by atoms with Crippen LogP contribution in [0.2, 0.25) is 0 Å². The van der Waals surface area contributed by atoms with Crippen LogP contribution in [0.1, 0.15) is 13.8 Å². The quantitative estimate of drug-likeness (QED) is 0.542. The smallest absolute Gasteiger partial charge is 0.345 e. The van der Waals surface area contributed by atoms with Crippen LogP contribution in [0, 0.1) is 11.7 Å². The monoisotopic (exact) mass is 410 g/mol. The molecule has 11 heteroatoms. The molecule has 0 aliphatic heterocycles. The fourth-order valence-electron chi connectivity index (χ4n) is 2.81. The summed E-state index contributed by atoms with van der Waals surface area (Å²) >= 11 is 0. The number of pyridine rings is 1. The minimum Gasteiger partial charge on any atom is -0.345 e. The summed E-state index contributed by atoms with van der Waals surface area (Å²) in [5.74, 6) is -1.52. The highest BCUT2D eigenvalue weighted by molar-refractivity contribution is 5.95. The first-order valence-corrected chi connectivity index (χ1v) is 8.70. The topological polar surface area (TPSA) is 95.6 Å². The summed E-state index contributed by atoms with van der Waals surface area (Å²) in [7, 11) is 0. The molecule has 3 rings (SSSR count). The molecule has 0 spiro atoms. The molecule has 29 heavy (non-hydrogen) atoms. The summed E-state index contributed by atoms with van der Waals surface area (Å²) in [5, 5.41) is 5.17. The van der Waals surface area contributed by atoms with E-state index in [1.807, 2.05) is 0 Å². The number of anilines is 1. The van der Waals surface area contributed by atoms with Gasteiger partial charge in [0.2, 0.25) is 5.91 Å². The number of hydrogen-bond donors (Lipinski definition) is 3. The first-order chi connectivity index (χ1) is 13.6. The Morgan fingerprint density at radius 3 is 2.69 bits per heavy atom. The minimum atomic E-state index is -4.44. The lowest BCUT2D eigenvalue weighted by molar-refractivity contribution is -0.131. The summed E-state index contributed by atoms with van der Waals surface area (Å²) in [6, 6.07) is 0.213. The van der Waals surface area contributed by atoms with E-state index in [4.69, 9.17) is 0 Å². The molecule has 0 radical (unpaired) electrons. The summed E-state index contributed by atoms with van der Waals surface area (Å²) in [6.07, 6.45) is 0.909. The van der Waals surface area contributed by atoms with Crippen molar-refractivity contribution in [3.8, 4) is 11.3 Å². The number of amides is 1. The summed E-state index contributed by atoms with van der Waals surface area (Å²) < 4.78 is 51.0. The third-order valence-corrected chi connectivity index (χ3v) is 4.13. The molecule has 0 fully saturated rings. The Kier molecular flexibility index (Phi) is 5.78. The molecule has 3 heterocycles. The number of nitrogens with one attached hydrogen (secondary N) is 3. The lowest BCUT2D eigenvalue weighted by atomic mass is 10.0. The van der Waals surface area contributed by atoms with Crippen molar-refractivity contribution >= 4 is 22.8 Å². The fourth-order valence-corrected chi connectivity index (χ4v) is 2.81. The SMILES string of the molecule is CC(C)[C@@H](NCC(F)(F)F)C(=O)Nc1cncc(-c2c[nH]c3ncc(F)cc23)n1. The van der Waals surface area contributed by atoms with E-state index in [-0.39, 0.29) is 5.82 Å². The molecule has 0 aromatic carbocycles. The maximum atomic E-state index is 13.5. The number of hydrogen-bond acceptors (Lipinski definition) is 5. The van der Waals surface area contributed by atoms with Crippen LogP contribution in [0.15, 0.2) is 30.9 Å². The molecule has 0 unspecified atom stereocenters. The highest BCUT2D eigenvalue weighted by Gasteiger charge is 2.31. The maximum absolute atomic E-state index is 13.5. The average Bonchev–Trinajstić information content (AvgIpc) is 3.03. The van der Waals surface area contributed by atoms with E-state index in [1.54, 1.807) is 20.0 Å². The van der Waals surface area contributed by atoms with Crippen molar-refractivity contribution in [1.82, 2.24) is 25.3 Å². The molecule has 0 aliphatic rings. The van der Waals surface area contributed by atoms with Gasteiger partial charge in [-0.25, -0.2) is 14.4 Å². The van der Waals surface area contributed by atoms with Crippen LogP contribution < -0.4 is 10.6 Å². The van der Waals surface area contributed by atoms with E-state index in [2.05, 4.69) is 30.6 Å². The van der Waals surface area contributed by atoms with Crippen LogP contribution in [0.25, 0.3) is 22.3 Å². The van der Waals surface area contributed by atoms with Crippen molar-refractivity contribution in [2.24, 2.45) is 5.92 Å². The summed E-state index contributed by atoms with van der Waals surface area (Å²) in [6.45, 7) is 1.97. The second-order valence-corrected chi connectivity index (χ2v) is 6.75. The lowest BCUT2D eigenvalue weighted by Gasteiger charge is -2.22. The normalized spacial score (nSPS) is 13.1. The molecule has 3 aromatic heterocycles. The summed E-state index contributed by atoms with van der Waals surface area (Å²) in [5.41, 5.74) is 1.31. The number of aromatic amines is 1. The van der Waals surface area contributed by atoms with Crippen LogP contribution >= 0.6 is 0 Å². The van der Waals surface area contributed by atoms with Gasteiger partial charge in [-0.05, 0) is 12.0 Å². The largest absolute Gasteiger partial charge is 0.401 e. The van der Waals surface area contributed by atoms with Crippen molar-refractivity contribution in [2.45, 2.75) is 26.1 Å². The Hall–Kier alpha value is -3.08. The molecule has 3 N–H and O–H groups in total. The standard InChI is InChI=1S/C18H18F4N6O/c1-9(2)15(26-8-18(20,21)22)17(29)28-14-7-23-6-13(27-14)12-5-25-16-11(12)3-10(19)4-24-16/h3-7,9,15,26H,8H2,1-2H3,(H,24,25)(H,27,28,29)/t15-/m1/s1. The van der Waals surface area contributed by atoms with E-state index in [0.717, 1.165) is 6.20 Å². The second kappa shape index (κ2) is 8.11. The van der Waals surface area contributed by atoms with Crippen LogP contribution in [-0.2, 0) is 4.79 Å². The first-order valence-electron chi connectivity index (χ1n) is 8.70. The number of halogens is 4. The number of H-pyrrole nitrogens is 1. The number of rotatable bonds is 6. The van der Waals surface area contributed by atoms with Crippen molar-refractivity contribution in [1.29, 1.82) is 0 Å². The van der Waals surface area contributed by atoms with Crippen LogP contribution in [0.5, 0.6) is 0 Å². The molecule has 1 amide bonds. The average molecular weight is 410 g/mol. The number of nitrogens with zero attached hydrogens (tertiary/aromatic N) is 3. The minimum absolute atomic E-state index is 0.0608. The number of carbonyl (C=O) groups is 1. The number of alkyl halides is 3. The van der Waals surface area contributed by atoms with E-state index >= 15 is 0 Å². The molecular weight excluding hydrogens is 392 g/mol. The molecule has 1 atom stereocenters. The van der Waals surface area contributed by atoms with Crippen molar-refractivity contribution in [3.05, 3.63) is 36.7 Å². The molecule has 0 saturated carbocycles. The molecule has 0 aliphatic carbocycles. The fraction of sp³-hybridized carbons (Fsp3) is 0.333. The number of fused-ring (bicyclic) bond motifs is 1. The van der Waals surface area contributed by atoms with Crippen LogP contribution in [-0.4, -0.2) is 44.6 Å². The predicted octanol–water partition coefficient (Wildman–Crippen LogP) is 3.27. The molecular formula is C18H18F4N6O. The van der Waals surface area contributed by atoms with Gasteiger partial charge in [0.05, 0.1) is 36.9 Å². The maximum Gasteiger partial charge on any atom is 0.401 e. The Bertz CT molecular complexity index is 1020. The molecule has 3 aromatic rings. The van der Waals surface area contributed by atoms with Gasteiger partial charge in [-0.2, -0.15) is 13.2 Å². The van der Waals surface area contributed by atoms with Gasteiger partial charge in [0.25, 0.3) is 0 Å². The zero-order valence-electron chi connectivity index (χ0n) is 15.5. The van der Waals surface area contributed by atoms with Gasteiger partial charge in [0.1, 0.15) is 11.5 Å². The van der Waals surface area contributed by atoms with Gasteiger partial charge < -0.3 is 10.3 Å². The van der Waals surface area contributed by atoms with E-state index < -0.39 is 36.4 Å². The van der Waals surface area contributed by atoms with E-state index in [9.17, 15) is 22.4 Å². The molecule has 7 nitrogen and oxygen atoms in total. The van der Waals surface area contributed by atoms with Crippen LogP contribution in [0.3, 0.4) is 0 Å². The Morgan fingerprint density at radius 1 is 1.24 bits per heavy atom. The third kappa shape index (κ3) is 5.05. The Morgan fingerprint density at radius 2 is 2.00 bits per heavy atom. The van der Waals surface area contributed by atoms with Gasteiger partial charge in [-0.15, -0.1) is 0 Å².